The number of fused-ring (bicyclic) bond motifs is 1. The van der Waals surface area contributed by atoms with Crippen molar-refractivity contribution >= 4 is 32.6 Å². The molecule has 2 heterocycles. The van der Waals surface area contributed by atoms with E-state index < -0.39 is 9.84 Å². The van der Waals surface area contributed by atoms with Crippen LogP contribution in [0.15, 0.2) is 35.2 Å². The lowest BCUT2D eigenvalue weighted by Gasteiger charge is -2.08. The van der Waals surface area contributed by atoms with Crippen LogP contribution in [0.1, 0.15) is 24.4 Å². The summed E-state index contributed by atoms with van der Waals surface area (Å²) >= 11 is 6.13. The van der Waals surface area contributed by atoms with E-state index in [0.717, 1.165) is 41.0 Å². The molecule has 0 aliphatic heterocycles. The Hall–Kier alpha value is -1.92. The highest BCUT2D eigenvalue weighted by molar-refractivity contribution is 7.90. The second-order valence-electron chi connectivity index (χ2n) is 6.27. The van der Waals surface area contributed by atoms with Crippen LogP contribution in [0.25, 0.3) is 22.6 Å². The summed E-state index contributed by atoms with van der Waals surface area (Å²) in [6.45, 7) is 1.97. The van der Waals surface area contributed by atoms with Crippen molar-refractivity contribution in [2.24, 2.45) is 0 Å². The Morgan fingerprint density at radius 2 is 1.83 bits per heavy atom. The number of aryl methyl sites for hydroxylation is 1. The molecule has 0 radical (unpaired) electrons. The lowest BCUT2D eigenvalue weighted by molar-refractivity contribution is 0.602. The highest BCUT2D eigenvalue weighted by Crippen LogP contribution is 2.41. The first-order valence-electron chi connectivity index (χ1n) is 7.70. The van der Waals surface area contributed by atoms with E-state index in [2.05, 4.69) is 9.55 Å². The van der Waals surface area contributed by atoms with Crippen molar-refractivity contribution in [3.8, 4) is 11.4 Å². The van der Waals surface area contributed by atoms with Gasteiger partial charge >= 0.3 is 0 Å². The van der Waals surface area contributed by atoms with E-state index in [1.54, 1.807) is 24.3 Å². The summed E-state index contributed by atoms with van der Waals surface area (Å²) in [5, 5.41) is 0.459. The minimum atomic E-state index is -3.21. The molecule has 24 heavy (non-hydrogen) atoms. The van der Waals surface area contributed by atoms with Crippen molar-refractivity contribution in [1.29, 1.82) is 0 Å². The summed E-state index contributed by atoms with van der Waals surface area (Å²) in [5.74, 6) is 0.811. The van der Waals surface area contributed by atoms with Crippen LogP contribution in [0, 0.1) is 6.92 Å². The summed E-state index contributed by atoms with van der Waals surface area (Å²) in [4.78, 5) is 9.54. The smallest absolute Gasteiger partial charge is 0.175 e. The Balaban J connectivity index is 1.93. The van der Waals surface area contributed by atoms with Gasteiger partial charge in [-0.15, -0.1) is 0 Å². The third kappa shape index (κ3) is 2.59. The van der Waals surface area contributed by atoms with E-state index in [9.17, 15) is 8.42 Å². The first kappa shape index (κ1) is 15.6. The van der Waals surface area contributed by atoms with Gasteiger partial charge in [-0.25, -0.2) is 18.4 Å². The molecule has 1 aliphatic rings. The first-order chi connectivity index (χ1) is 11.3. The molecule has 1 aliphatic carbocycles. The van der Waals surface area contributed by atoms with Crippen LogP contribution in [-0.4, -0.2) is 29.2 Å². The molecule has 0 unspecified atom stereocenters. The SMILES string of the molecule is Cc1cc(Cl)nc2c1nc(-c1ccc(S(C)(=O)=O)cc1)n2C1CC1. The van der Waals surface area contributed by atoms with Gasteiger partial charge in [-0.05, 0) is 55.7 Å². The number of hydrogen-bond acceptors (Lipinski definition) is 4. The van der Waals surface area contributed by atoms with Gasteiger partial charge in [0.1, 0.15) is 16.5 Å². The Morgan fingerprint density at radius 1 is 1.17 bits per heavy atom. The van der Waals surface area contributed by atoms with Crippen molar-refractivity contribution in [3.05, 3.63) is 41.0 Å². The van der Waals surface area contributed by atoms with E-state index in [0.29, 0.717) is 16.1 Å². The van der Waals surface area contributed by atoms with Gasteiger partial charge in [-0.3, -0.25) is 0 Å². The molecule has 1 saturated carbocycles. The van der Waals surface area contributed by atoms with E-state index in [1.165, 1.54) is 6.26 Å². The van der Waals surface area contributed by atoms with Gasteiger partial charge in [0.15, 0.2) is 15.5 Å². The number of rotatable bonds is 3. The van der Waals surface area contributed by atoms with Crippen LogP contribution in [0.3, 0.4) is 0 Å². The number of nitrogens with zero attached hydrogens (tertiary/aromatic N) is 3. The molecule has 4 rings (SSSR count). The molecule has 124 valence electrons. The maximum Gasteiger partial charge on any atom is 0.175 e. The summed E-state index contributed by atoms with van der Waals surface area (Å²) in [5.41, 5.74) is 3.50. The molecule has 5 nitrogen and oxygen atoms in total. The second-order valence-corrected chi connectivity index (χ2v) is 8.67. The van der Waals surface area contributed by atoms with Gasteiger partial charge in [0.25, 0.3) is 0 Å². The molecule has 0 bridgehead atoms. The zero-order chi connectivity index (χ0) is 17.1. The fraction of sp³-hybridized carbons (Fsp3) is 0.294. The first-order valence-corrected chi connectivity index (χ1v) is 9.97. The molecule has 7 heteroatoms. The normalized spacial score (nSPS) is 15.1. The Kier molecular flexibility index (Phi) is 3.44. The fourth-order valence-electron chi connectivity index (χ4n) is 2.91. The van der Waals surface area contributed by atoms with Gasteiger partial charge in [0.2, 0.25) is 0 Å². The van der Waals surface area contributed by atoms with Gasteiger partial charge in [0.05, 0.1) is 4.90 Å². The summed E-state index contributed by atoms with van der Waals surface area (Å²) in [6, 6.07) is 9.03. The lowest BCUT2D eigenvalue weighted by Crippen LogP contribution is -2.00. The predicted octanol–water partition coefficient (Wildman–Crippen LogP) is 3.80. The summed E-state index contributed by atoms with van der Waals surface area (Å²) in [6.07, 6.45) is 3.39. The van der Waals surface area contributed by atoms with E-state index in [1.807, 2.05) is 13.0 Å². The van der Waals surface area contributed by atoms with Crippen LogP contribution >= 0.6 is 11.6 Å². The number of sulfone groups is 1. The fourth-order valence-corrected chi connectivity index (χ4v) is 3.78. The monoisotopic (exact) mass is 361 g/mol. The summed E-state index contributed by atoms with van der Waals surface area (Å²) in [7, 11) is -3.21. The second kappa shape index (κ2) is 5.29. The topological polar surface area (TPSA) is 64.8 Å². The highest BCUT2D eigenvalue weighted by atomic mass is 35.5. The molecule has 0 amide bonds. The third-order valence-corrected chi connectivity index (χ3v) is 5.58. The molecule has 0 spiro atoms. The Morgan fingerprint density at radius 3 is 2.42 bits per heavy atom. The van der Waals surface area contributed by atoms with E-state index in [-0.39, 0.29) is 0 Å². The predicted molar refractivity (Wildman–Crippen MR) is 94.1 cm³/mol. The molecule has 3 aromatic rings. The van der Waals surface area contributed by atoms with Crippen LogP contribution in [0.5, 0.6) is 0 Å². The van der Waals surface area contributed by atoms with E-state index >= 15 is 0 Å². The minimum absolute atomic E-state index is 0.303. The lowest BCUT2D eigenvalue weighted by atomic mass is 10.2. The van der Waals surface area contributed by atoms with Crippen molar-refractivity contribution in [2.75, 3.05) is 6.26 Å². The van der Waals surface area contributed by atoms with Crippen LogP contribution in [0.2, 0.25) is 5.15 Å². The van der Waals surface area contributed by atoms with Crippen molar-refractivity contribution < 1.29 is 8.42 Å². The van der Waals surface area contributed by atoms with Gasteiger partial charge < -0.3 is 4.57 Å². The Bertz CT molecular complexity index is 1050. The molecule has 1 aromatic carbocycles. The van der Waals surface area contributed by atoms with Crippen molar-refractivity contribution in [3.63, 3.8) is 0 Å². The number of halogens is 1. The van der Waals surface area contributed by atoms with Gasteiger partial charge in [0, 0.05) is 17.9 Å². The standard InChI is InChI=1S/C17H16ClN3O2S/c1-10-9-14(18)19-17-15(10)20-16(21(17)12-5-6-12)11-3-7-13(8-4-11)24(2,22)23/h3-4,7-9,12H,5-6H2,1-2H3. The zero-order valence-electron chi connectivity index (χ0n) is 13.3. The number of imidazole rings is 1. The maximum absolute atomic E-state index is 11.6. The molecule has 1 fully saturated rings. The van der Waals surface area contributed by atoms with Crippen LogP contribution in [0.4, 0.5) is 0 Å². The van der Waals surface area contributed by atoms with Gasteiger partial charge in [-0.1, -0.05) is 11.6 Å². The minimum Gasteiger partial charge on any atom is -0.306 e. The molecular formula is C17H16ClN3O2S. The maximum atomic E-state index is 11.6. The van der Waals surface area contributed by atoms with Crippen LogP contribution in [-0.2, 0) is 9.84 Å². The quantitative estimate of drug-likeness (QED) is 0.665. The van der Waals surface area contributed by atoms with Crippen LogP contribution < -0.4 is 0 Å². The molecular weight excluding hydrogens is 346 g/mol. The Labute approximate surface area is 145 Å². The molecule has 0 atom stereocenters. The average Bonchev–Trinajstić information content (AvgIpc) is 3.27. The average molecular weight is 362 g/mol. The number of aromatic nitrogens is 3. The number of benzene rings is 1. The van der Waals surface area contributed by atoms with Crippen molar-refractivity contribution in [2.45, 2.75) is 30.7 Å². The summed E-state index contributed by atoms with van der Waals surface area (Å²) < 4.78 is 25.4. The van der Waals surface area contributed by atoms with Crippen molar-refractivity contribution in [1.82, 2.24) is 14.5 Å². The number of hydrogen-bond donors (Lipinski definition) is 0. The molecule has 0 N–H and O–H groups in total. The van der Waals surface area contributed by atoms with Gasteiger partial charge in [-0.2, -0.15) is 0 Å². The third-order valence-electron chi connectivity index (χ3n) is 4.26. The largest absolute Gasteiger partial charge is 0.306 e. The number of pyridine rings is 1. The zero-order valence-corrected chi connectivity index (χ0v) is 14.9. The highest BCUT2D eigenvalue weighted by Gasteiger charge is 2.30. The molecule has 2 aromatic heterocycles. The van der Waals surface area contributed by atoms with E-state index in [4.69, 9.17) is 16.6 Å². The molecule has 0 saturated heterocycles.